The summed E-state index contributed by atoms with van der Waals surface area (Å²) in [6.07, 6.45) is 5.13. The van der Waals surface area contributed by atoms with Crippen LogP contribution >= 0.6 is 0 Å². The van der Waals surface area contributed by atoms with Crippen molar-refractivity contribution in [3.8, 4) is 0 Å². The zero-order valence-electron chi connectivity index (χ0n) is 14.5. The Kier molecular flexibility index (Phi) is 5.23. The van der Waals surface area contributed by atoms with Crippen LogP contribution in [-0.2, 0) is 0 Å². The zero-order valence-corrected chi connectivity index (χ0v) is 14.5. The molecule has 2 rings (SSSR count). The molecule has 0 aromatic carbocycles. The summed E-state index contributed by atoms with van der Waals surface area (Å²) >= 11 is 0. The van der Waals surface area contributed by atoms with Gasteiger partial charge in [0.25, 0.3) is 0 Å². The molecule has 1 fully saturated rings. The van der Waals surface area contributed by atoms with Crippen LogP contribution in [0.5, 0.6) is 0 Å². The van der Waals surface area contributed by atoms with Gasteiger partial charge >= 0.3 is 0 Å². The van der Waals surface area contributed by atoms with Crippen LogP contribution in [-0.4, -0.2) is 17.0 Å². The minimum absolute atomic E-state index is 0.457. The highest BCUT2D eigenvalue weighted by Gasteiger charge is 2.27. The lowest BCUT2D eigenvalue weighted by Gasteiger charge is -2.30. The van der Waals surface area contributed by atoms with Crippen LogP contribution in [0.15, 0.2) is 0 Å². The van der Waals surface area contributed by atoms with E-state index in [4.69, 9.17) is 9.97 Å². The summed E-state index contributed by atoms with van der Waals surface area (Å²) in [6, 6.07) is 0. The fourth-order valence-electron chi connectivity index (χ4n) is 3.71. The molecular formula is C18H31N3. The van der Waals surface area contributed by atoms with Crippen molar-refractivity contribution in [3.05, 3.63) is 17.1 Å². The Morgan fingerprint density at radius 2 is 1.62 bits per heavy atom. The molecule has 0 spiro atoms. The second kappa shape index (κ2) is 6.76. The van der Waals surface area contributed by atoms with Gasteiger partial charge in [-0.25, -0.2) is 9.97 Å². The normalized spacial score (nSPS) is 22.9. The molecule has 0 bridgehead atoms. The molecule has 1 heterocycles. The molecule has 0 unspecified atom stereocenters. The maximum Gasteiger partial charge on any atom is 0.134 e. The van der Waals surface area contributed by atoms with Crippen molar-refractivity contribution in [1.29, 1.82) is 0 Å². The van der Waals surface area contributed by atoms with Gasteiger partial charge in [0.1, 0.15) is 11.6 Å². The number of hydrogen-bond acceptors (Lipinski definition) is 3. The molecule has 0 atom stereocenters. The molecule has 1 N–H and O–H groups in total. The standard InChI is InChI=1S/C18H31N3/c1-11(2)14-7-9-15(10-8-14)17-20-13(5)16(12(3)4)18(19-6)21-17/h11-12,14-15H,7-10H2,1-6H3,(H,19,20,21). The quantitative estimate of drug-likeness (QED) is 0.858. The Bertz CT molecular complexity index is 472. The molecule has 21 heavy (non-hydrogen) atoms. The summed E-state index contributed by atoms with van der Waals surface area (Å²) in [5.41, 5.74) is 2.41. The topological polar surface area (TPSA) is 37.8 Å². The van der Waals surface area contributed by atoms with Gasteiger partial charge in [-0.05, 0) is 50.4 Å². The summed E-state index contributed by atoms with van der Waals surface area (Å²) in [7, 11) is 1.97. The van der Waals surface area contributed by atoms with E-state index in [9.17, 15) is 0 Å². The van der Waals surface area contributed by atoms with Crippen LogP contribution in [0, 0.1) is 18.8 Å². The number of hydrogen-bond donors (Lipinski definition) is 1. The van der Waals surface area contributed by atoms with E-state index in [-0.39, 0.29) is 0 Å². The van der Waals surface area contributed by atoms with Gasteiger partial charge in [-0.3, -0.25) is 0 Å². The van der Waals surface area contributed by atoms with Gasteiger partial charge in [0.2, 0.25) is 0 Å². The lowest BCUT2D eigenvalue weighted by atomic mass is 9.76. The van der Waals surface area contributed by atoms with E-state index < -0.39 is 0 Å². The van der Waals surface area contributed by atoms with E-state index in [1.807, 2.05) is 7.05 Å². The second-order valence-electron chi connectivity index (χ2n) is 7.19. The third-order valence-corrected chi connectivity index (χ3v) is 5.05. The van der Waals surface area contributed by atoms with E-state index in [1.54, 1.807) is 0 Å². The first kappa shape index (κ1) is 16.3. The van der Waals surface area contributed by atoms with E-state index in [0.717, 1.165) is 29.2 Å². The van der Waals surface area contributed by atoms with Gasteiger partial charge in [-0.2, -0.15) is 0 Å². The molecular weight excluding hydrogens is 258 g/mol. The summed E-state index contributed by atoms with van der Waals surface area (Å²) in [5, 5.41) is 3.27. The first-order chi connectivity index (χ1) is 9.93. The van der Waals surface area contributed by atoms with Crippen molar-refractivity contribution in [3.63, 3.8) is 0 Å². The number of nitrogens with one attached hydrogen (secondary N) is 1. The second-order valence-corrected chi connectivity index (χ2v) is 7.19. The molecule has 0 saturated heterocycles. The van der Waals surface area contributed by atoms with E-state index >= 15 is 0 Å². The van der Waals surface area contributed by atoms with E-state index in [1.165, 1.54) is 31.2 Å². The predicted octanol–water partition coefficient (Wildman–Crippen LogP) is 4.88. The molecule has 1 aromatic heterocycles. The van der Waals surface area contributed by atoms with E-state index in [2.05, 4.69) is 39.9 Å². The van der Waals surface area contributed by atoms with Crippen LogP contribution in [0.4, 0.5) is 5.82 Å². The minimum Gasteiger partial charge on any atom is -0.373 e. The van der Waals surface area contributed by atoms with Crippen molar-refractivity contribution < 1.29 is 0 Å². The molecule has 3 heteroatoms. The number of rotatable bonds is 4. The summed E-state index contributed by atoms with van der Waals surface area (Å²) < 4.78 is 0. The van der Waals surface area contributed by atoms with Gasteiger partial charge < -0.3 is 5.32 Å². The monoisotopic (exact) mass is 289 g/mol. The van der Waals surface area contributed by atoms with Crippen molar-refractivity contribution >= 4 is 5.82 Å². The van der Waals surface area contributed by atoms with Crippen LogP contribution in [0.1, 0.15) is 82.3 Å². The number of anilines is 1. The number of nitrogens with zero attached hydrogens (tertiary/aromatic N) is 2. The fourth-order valence-corrected chi connectivity index (χ4v) is 3.71. The van der Waals surface area contributed by atoms with Gasteiger partial charge in [0, 0.05) is 24.2 Å². The SMILES string of the molecule is CNc1nc(C2CCC(C(C)C)CC2)nc(C)c1C(C)C. The molecule has 0 aliphatic heterocycles. The highest BCUT2D eigenvalue weighted by molar-refractivity contribution is 5.48. The van der Waals surface area contributed by atoms with Gasteiger partial charge in [0.05, 0.1) is 0 Å². The van der Waals surface area contributed by atoms with Gasteiger partial charge in [-0.1, -0.05) is 27.7 Å². The van der Waals surface area contributed by atoms with Crippen molar-refractivity contribution in [2.45, 2.75) is 72.1 Å². The fraction of sp³-hybridized carbons (Fsp3) is 0.778. The molecule has 1 aliphatic carbocycles. The van der Waals surface area contributed by atoms with Gasteiger partial charge in [-0.15, -0.1) is 0 Å². The third-order valence-electron chi connectivity index (χ3n) is 5.05. The summed E-state index contributed by atoms with van der Waals surface area (Å²) in [4.78, 5) is 9.69. The first-order valence-electron chi connectivity index (χ1n) is 8.50. The Labute approximate surface area is 130 Å². The minimum atomic E-state index is 0.457. The van der Waals surface area contributed by atoms with Crippen molar-refractivity contribution in [2.75, 3.05) is 12.4 Å². The molecule has 3 nitrogen and oxygen atoms in total. The summed E-state index contributed by atoms with van der Waals surface area (Å²) in [5.74, 6) is 4.79. The summed E-state index contributed by atoms with van der Waals surface area (Å²) in [6.45, 7) is 11.2. The smallest absolute Gasteiger partial charge is 0.134 e. The highest BCUT2D eigenvalue weighted by Crippen LogP contribution is 2.38. The zero-order chi connectivity index (χ0) is 15.6. The molecule has 0 amide bonds. The Morgan fingerprint density at radius 3 is 2.10 bits per heavy atom. The van der Waals surface area contributed by atoms with Gasteiger partial charge in [0.15, 0.2) is 0 Å². The lowest BCUT2D eigenvalue weighted by molar-refractivity contribution is 0.254. The highest BCUT2D eigenvalue weighted by atomic mass is 15.0. The molecule has 118 valence electrons. The third kappa shape index (κ3) is 3.56. The van der Waals surface area contributed by atoms with E-state index in [0.29, 0.717) is 11.8 Å². The van der Waals surface area contributed by atoms with Crippen LogP contribution in [0.25, 0.3) is 0 Å². The molecule has 1 saturated carbocycles. The maximum atomic E-state index is 4.85. The Hall–Kier alpha value is -1.12. The first-order valence-corrected chi connectivity index (χ1v) is 8.50. The number of aryl methyl sites for hydroxylation is 1. The lowest BCUT2D eigenvalue weighted by Crippen LogP contribution is -2.20. The van der Waals surface area contributed by atoms with Crippen LogP contribution < -0.4 is 5.32 Å². The predicted molar refractivity (Wildman–Crippen MR) is 89.9 cm³/mol. The Balaban J connectivity index is 2.20. The largest absolute Gasteiger partial charge is 0.373 e. The van der Waals surface area contributed by atoms with Crippen molar-refractivity contribution in [1.82, 2.24) is 9.97 Å². The van der Waals surface area contributed by atoms with Crippen LogP contribution in [0.2, 0.25) is 0 Å². The molecule has 1 aromatic rings. The Morgan fingerprint density at radius 1 is 1.00 bits per heavy atom. The average Bonchev–Trinajstić information content (AvgIpc) is 2.45. The van der Waals surface area contributed by atoms with Crippen LogP contribution in [0.3, 0.4) is 0 Å². The maximum absolute atomic E-state index is 4.85. The van der Waals surface area contributed by atoms with Crippen molar-refractivity contribution in [2.24, 2.45) is 11.8 Å². The number of aromatic nitrogens is 2. The molecule has 1 aliphatic rings. The average molecular weight is 289 g/mol. The molecule has 0 radical (unpaired) electrons.